The van der Waals surface area contributed by atoms with Gasteiger partial charge in [-0.15, -0.1) is 0 Å². The third kappa shape index (κ3) is 4.05. The topological polar surface area (TPSA) is 56.9 Å². The summed E-state index contributed by atoms with van der Waals surface area (Å²) in [7, 11) is 0. The Morgan fingerprint density at radius 1 is 1.11 bits per heavy atom. The number of Topliss-reactive ketones (excluding diaryl/α,β-unsaturated/α-hetero) is 1. The number of hydrogen-bond donors (Lipinski definition) is 0. The van der Waals surface area contributed by atoms with Crippen molar-refractivity contribution in [1.29, 1.82) is 0 Å². The maximum atomic E-state index is 12.9. The molecule has 0 aliphatic rings. The summed E-state index contributed by atoms with van der Waals surface area (Å²) < 4.78 is 41.4. The molecule has 3 aromatic heterocycles. The van der Waals surface area contributed by atoms with Crippen LogP contribution in [0.15, 0.2) is 53.7 Å². The van der Waals surface area contributed by atoms with Crippen LogP contribution in [0.1, 0.15) is 32.9 Å². The first-order valence-electron chi connectivity index (χ1n) is 8.53. The van der Waals surface area contributed by atoms with Gasteiger partial charge in [0.25, 0.3) is 5.56 Å². The number of alkyl halides is 3. The minimum absolute atomic E-state index is 0.385. The van der Waals surface area contributed by atoms with Crippen LogP contribution in [0, 0.1) is 13.8 Å². The van der Waals surface area contributed by atoms with Crippen LogP contribution >= 0.6 is 0 Å². The monoisotopic (exact) mass is 389 g/mol. The molecule has 0 radical (unpaired) electrons. The fourth-order valence-corrected chi connectivity index (χ4v) is 3.06. The maximum Gasteiger partial charge on any atom is 0.417 e. The lowest BCUT2D eigenvalue weighted by molar-refractivity contribution is -0.138. The first-order valence-corrected chi connectivity index (χ1v) is 8.53. The molecule has 3 rings (SSSR count). The minimum Gasteiger partial charge on any atom is -0.344 e. The first kappa shape index (κ1) is 19.6. The van der Waals surface area contributed by atoms with Crippen LogP contribution in [-0.4, -0.2) is 19.9 Å². The molecule has 0 N–H and O–H groups in total. The van der Waals surface area contributed by atoms with E-state index in [1.807, 2.05) is 23.6 Å². The lowest BCUT2D eigenvalue weighted by Gasteiger charge is -2.11. The van der Waals surface area contributed by atoms with Crippen LogP contribution in [0.25, 0.3) is 0 Å². The Bertz CT molecular complexity index is 1070. The van der Waals surface area contributed by atoms with Crippen LogP contribution < -0.4 is 5.56 Å². The Morgan fingerprint density at radius 2 is 1.79 bits per heavy atom. The van der Waals surface area contributed by atoms with Crippen LogP contribution in [0.3, 0.4) is 0 Å². The highest BCUT2D eigenvalue weighted by molar-refractivity contribution is 5.97. The van der Waals surface area contributed by atoms with E-state index in [-0.39, 0.29) is 0 Å². The summed E-state index contributed by atoms with van der Waals surface area (Å²) in [6.45, 7) is 3.71. The van der Waals surface area contributed by atoms with Gasteiger partial charge in [0.05, 0.1) is 12.1 Å². The Kier molecular flexibility index (Phi) is 5.22. The van der Waals surface area contributed by atoms with Gasteiger partial charge in [0.2, 0.25) is 0 Å². The fourth-order valence-electron chi connectivity index (χ4n) is 3.06. The predicted molar refractivity (Wildman–Crippen MR) is 97.3 cm³/mol. The highest BCUT2D eigenvalue weighted by atomic mass is 19.4. The number of halogens is 3. The van der Waals surface area contributed by atoms with E-state index in [2.05, 4.69) is 4.98 Å². The van der Waals surface area contributed by atoms with Gasteiger partial charge in [-0.05, 0) is 43.7 Å². The minimum atomic E-state index is -4.58. The number of pyridine rings is 2. The van der Waals surface area contributed by atoms with Crippen LogP contribution in [0.4, 0.5) is 13.2 Å². The van der Waals surface area contributed by atoms with E-state index >= 15 is 0 Å². The molecule has 3 heterocycles. The Labute approximate surface area is 159 Å². The molecule has 0 bridgehead atoms. The van der Waals surface area contributed by atoms with Gasteiger partial charge in [-0.3, -0.25) is 14.6 Å². The molecule has 146 valence electrons. The number of rotatable bonds is 5. The third-order valence-corrected chi connectivity index (χ3v) is 4.59. The molecule has 0 saturated heterocycles. The van der Waals surface area contributed by atoms with Crippen molar-refractivity contribution in [2.45, 2.75) is 33.1 Å². The van der Waals surface area contributed by atoms with Gasteiger partial charge in [0.1, 0.15) is 0 Å². The Hall–Kier alpha value is -3.16. The second-order valence-corrected chi connectivity index (χ2v) is 6.53. The van der Waals surface area contributed by atoms with Crippen molar-refractivity contribution in [3.8, 4) is 0 Å². The van der Waals surface area contributed by atoms with Gasteiger partial charge >= 0.3 is 6.18 Å². The molecular weight excluding hydrogens is 371 g/mol. The summed E-state index contributed by atoms with van der Waals surface area (Å²) in [4.78, 5) is 28.6. The van der Waals surface area contributed by atoms with Crippen molar-refractivity contribution in [2.24, 2.45) is 0 Å². The van der Waals surface area contributed by atoms with Gasteiger partial charge in [-0.1, -0.05) is 0 Å². The quantitative estimate of drug-likeness (QED) is 0.627. The summed E-state index contributed by atoms with van der Waals surface area (Å²) in [5.74, 6) is -0.421. The number of aromatic nitrogens is 3. The van der Waals surface area contributed by atoms with Crippen LogP contribution in [0.5, 0.6) is 0 Å². The average Bonchev–Trinajstić information content (AvgIpc) is 2.92. The molecule has 28 heavy (non-hydrogen) atoms. The zero-order valence-electron chi connectivity index (χ0n) is 15.3. The molecule has 0 unspecified atom stereocenters. The highest BCUT2D eigenvalue weighted by Crippen LogP contribution is 2.28. The largest absolute Gasteiger partial charge is 0.417 e. The lowest BCUT2D eigenvalue weighted by Crippen LogP contribution is -2.25. The molecule has 8 heteroatoms. The molecule has 0 amide bonds. The van der Waals surface area contributed by atoms with Crippen LogP contribution in [0.2, 0.25) is 0 Å². The Balaban J connectivity index is 1.88. The van der Waals surface area contributed by atoms with E-state index < -0.39 is 29.6 Å². The van der Waals surface area contributed by atoms with E-state index in [4.69, 9.17) is 0 Å². The summed E-state index contributed by atoms with van der Waals surface area (Å²) in [5, 5.41) is 0. The summed E-state index contributed by atoms with van der Waals surface area (Å²) in [6, 6.07) is 6.95. The van der Waals surface area contributed by atoms with Crippen molar-refractivity contribution in [2.75, 3.05) is 0 Å². The van der Waals surface area contributed by atoms with Crippen molar-refractivity contribution < 1.29 is 18.0 Å². The van der Waals surface area contributed by atoms with Crippen molar-refractivity contribution in [3.05, 3.63) is 87.4 Å². The van der Waals surface area contributed by atoms with Gasteiger partial charge < -0.3 is 9.13 Å². The molecule has 0 spiro atoms. The second kappa shape index (κ2) is 7.46. The van der Waals surface area contributed by atoms with Gasteiger partial charge in [0.15, 0.2) is 5.78 Å². The molecule has 0 aromatic carbocycles. The van der Waals surface area contributed by atoms with Gasteiger partial charge in [0, 0.05) is 48.2 Å². The molecular formula is C20H18F3N3O2. The molecule has 0 saturated carbocycles. The molecule has 5 nitrogen and oxygen atoms in total. The van der Waals surface area contributed by atoms with Crippen molar-refractivity contribution >= 4 is 5.78 Å². The van der Waals surface area contributed by atoms with E-state index in [0.717, 1.165) is 21.9 Å². The number of ketones is 1. The number of hydrogen-bond acceptors (Lipinski definition) is 3. The number of carbonyl (C=O) groups excluding carboxylic acids is 1. The molecule has 3 aromatic rings. The fraction of sp³-hybridized carbons (Fsp3) is 0.250. The second-order valence-electron chi connectivity index (χ2n) is 6.53. The molecule has 0 aliphatic carbocycles. The number of aryl methyl sites for hydroxylation is 1. The van der Waals surface area contributed by atoms with E-state index in [1.165, 1.54) is 0 Å². The first-order chi connectivity index (χ1) is 13.2. The van der Waals surface area contributed by atoms with Crippen molar-refractivity contribution in [1.82, 2.24) is 14.1 Å². The highest BCUT2D eigenvalue weighted by Gasteiger charge is 2.31. The SMILES string of the molecule is Cc1cc(C(=O)Cn2cc(C(F)(F)F)ccc2=O)c(C)n1Cc1ccncc1. The average molecular weight is 389 g/mol. The number of carbonyl (C=O) groups is 1. The smallest absolute Gasteiger partial charge is 0.344 e. The molecule has 0 fully saturated rings. The summed E-state index contributed by atoms with van der Waals surface area (Å²) >= 11 is 0. The summed E-state index contributed by atoms with van der Waals surface area (Å²) in [5.41, 5.74) is 1.30. The summed E-state index contributed by atoms with van der Waals surface area (Å²) in [6.07, 6.45) is -0.555. The van der Waals surface area contributed by atoms with Crippen molar-refractivity contribution in [3.63, 3.8) is 0 Å². The zero-order chi connectivity index (χ0) is 20.5. The van der Waals surface area contributed by atoms with E-state index in [0.29, 0.717) is 30.1 Å². The maximum absolute atomic E-state index is 12.9. The predicted octanol–water partition coefficient (Wildman–Crippen LogP) is 3.61. The van der Waals surface area contributed by atoms with Gasteiger partial charge in [-0.2, -0.15) is 13.2 Å². The third-order valence-electron chi connectivity index (χ3n) is 4.59. The van der Waals surface area contributed by atoms with Crippen LogP contribution in [-0.2, 0) is 19.3 Å². The normalized spacial score (nSPS) is 11.6. The standard InChI is InChI=1S/C20H18F3N3O2/c1-13-9-17(14(2)26(13)10-15-5-7-24-8-6-15)18(27)12-25-11-16(20(21,22)23)3-4-19(25)28/h3-9,11H,10,12H2,1-2H3. The Morgan fingerprint density at radius 3 is 2.43 bits per heavy atom. The number of nitrogens with zero attached hydrogens (tertiary/aromatic N) is 3. The zero-order valence-corrected chi connectivity index (χ0v) is 15.3. The van der Waals surface area contributed by atoms with E-state index in [9.17, 15) is 22.8 Å². The van der Waals surface area contributed by atoms with Gasteiger partial charge in [-0.25, -0.2) is 0 Å². The molecule has 0 atom stereocenters. The molecule has 0 aliphatic heterocycles. The van der Waals surface area contributed by atoms with E-state index in [1.54, 1.807) is 25.4 Å². The lowest BCUT2D eigenvalue weighted by atomic mass is 10.1.